The van der Waals surface area contributed by atoms with Crippen LogP contribution in [0, 0.1) is 11.3 Å². The highest BCUT2D eigenvalue weighted by Crippen LogP contribution is 2.25. The molecule has 2 aliphatic rings. The number of nitriles is 1. The van der Waals surface area contributed by atoms with E-state index in [-0.39, 0.29) is 0 Å². The predicted molar refractivity (Wildman–Crippen MR) is 116 cm³/mol. The number of morpholine rings is 1. The van der Waals surface area contributed by atoms with E-state index in [9.17, 15) is 5.26 Å². The quantitative estimate of drug-likeness (QED) is 0.425. The maximum absolute atomic E-state index is 9.63. The second kappa shape index (κ2) is 10.2. The van der Waals surface area contributed by atoms with Gasteiger partial charge in [0.25, 0.3) is 5.82 Å². The predicted octanol–water partition coefficient (Wildman–Crippen LogP) is -0.116. The maximum atomic E-state index is 9.63. The van der Waals surface area contributed by atoms with Gasteiger partial charge in [-0.15, -0.1) is 0 Å². The average Bonchev–Trinajstić information content (AvgIpc) is 2.78. The lowest BCUT2D eigenvalue weighted by atomic mass is 9.96. The number of nitrogens with zero attached hydrogens (tertiary/aromatic N) is 1. The van der Waals surface area contributed by atoms with Gasteiger partial charge in [-0.2, -0.15) is 5.26 Å². The number of anilines is 1. The monoisotopic (exact) mass is 428 g/mol. The van der Waals surface area contributed by atoms with Gasteiger partial charge in [0.1, 0.15) is 37.8 Å². The normalized spacial score (nSPS) is 19.1. The summed E-state index contributed by atoms with van der Waals surface area (Å²) in [5.74, 6) is 0.983. The molecule has 7 heteroatoms. The van der Waals surface area contributed by atoms with Crippen LogP contribution < -0.4 is 20.1 Å². The zero-order chi connectivity index (χ0) is 20.8. The first-order valence-corrected chi connectivity index (χ1v) is 11.3. The van der Waals surface area contributed by atoms with E-state index in [1.807, 2.05) is 0 Å². The van der Waals surface area contributed by atoms with Gasteiger partial charge in [0.2, 0.25) is 5.15 Å². The molecule has 158 valence electrons. The Hall–Kier alpha value is -2.17. The molecule has 1 aromatic heterocycles. The van der Waals surface area contributed by atoms with Crippen molar-refractivity contribution in [1.29, 1.82) is 5.26 Å². The minimum absolute atomic E-state index is 0.448. The van der Waals surface area contributed by atoms with E-state index >= 15 is 0 Å². The Morgan fingerprint density at radius 2 is 1.90 bits per heavy atom. The second-order valence-corrected chi connectivity index (χ2v) is 8.62. The molecule has 0 radical (unpaired) electrons. The molecule has 0 bridgehead atoms. The van der Waals surface area contributed by atoms with Crippen molar-refractivity contribution in [3.8, 4) is 6.07 Å². The number of ether oxygens (including phenoxy) is 1. The molecule has 6 nitrogen and oxygen atoms in total. The molecule has 2 aliphatic heterocycles. The Labute approximate surface area is 183 Å². The lowest BCUT2D eigenvalue weighted by Crippen LogP contribution is -3.14. The number of quaternary nitrogens is 2. The van der Waals surface area contributed by atoms with Crippen LogP contribution in [0.15, 0.2) is 30.3 Å². The van der Waals surface area contributed by atoms with Crippen LogP contribution >= 0.6 is 11.6 Å². The fraction of sp³-hybridized carbons (Fsp3) is 0.478. The average molecular weight is 429 g/mol. The van der Waals surface area contributed by atoms with Crippen LogP contribution in [0.25, 0.3) is 0 Å². The van der Waals surface area contributed by atoms with Crippen molar-refractivity contribution in [1.82, 2.24) is 0 Å². The first-order valence-electron chi connectivity index (χ1n) is 10.9. The summed E-state index contributed by atoms with van der Waals surface area (Å²) < 4.78 is 5.44. The Balaban J connectivity index is 1.44. The van der Waals surface area contributed by atoms with Gasteiger partial charge in [-0.1, -0.05) is 30.3 Å². The van der Waals surface area contributed by atoms with Crippen LogP contribution in [-0.4, -0.2) is 45.9 Å². The van der Waals surface area contributed by atoms with Crippen LogP contribution in [0.1, 0.15) is 28.7 Å². The standard InChI is InChI=1S/C23H28ClN5O/c24-22-20(15-25)19-7-10-29(16-18-5-2-1-3-6-18)17-21(19)23(27-22)26-8-4-9-28-11-13-30-14-12-28/h1-3,5-6H,4,7-14,16-17H2,(H,26,27)/p+3. The molecule has 1 fully saturated rings. The third-order valence-corrected chi connectivity index (χ3v) is 6.48. The number of aromatic amines is 1. The lowest BCUT2D eigenvalue weighted by molar-refractivity contribution is -0.929. The molecular formula is C23H31ClN5O+3. The van der Waals surface area contributed by atoms with Crippen LogP contribution in [0.4, 0.5) is 5.82 Å². The van der Waals surface area contributed by atoms with Crippen molar-refractivity contribution in [2.45, 2.75) is 25.9 Å². The van der Waals surface area contributed by atoms with Crippen molar-refractivity contribution >= 4 is 17.4 Å². The Bertz CT molecular complexity index is 893. The number of pyridine rings is 1. The molecule has 0 aliphatic carbocycles. The zero-order valence-electron chi connectivity index (χ0n) is 17.4. The van der Waals surface area contributed by atoms with Gasteiger partial charge in [-0.25, -0.2) is 4.98 Å². The summed E-state index contributed by atoms with van der Waals surface area (Å²) in [7, 11) is 0. The third-order valence-electron chi connectivity index (χ3n) is 6.19. The highest BCUT2D eigenvalue weighted by Gasteiger charge is 2.30. The number of nitrogens with one attached hydrogen (secondary N) is 4. The van der Waals surface area contributed by atoms with Gasteiger partial charge < -0.3 is 14.5 Å². The topological polar surface area (TPSA) is 68.1 Å². The van der Waals surface area contributed by atoms with Crippen molar-refractivity contribution in [3.63, 3.8) is 0 Å². The molecule has 1 saturated heterocycles. The molecule has 2 aromatic rings. The van der Waals surface area contributed by atoms with Crippen molar-refractivity contribution in [2.24, 2.45) is 0 Å². The van der Waals surface area contributed by atoms with Crippen LogP contribution in [0.2, 0.25) is 5.15 Å². The largest absolute Gasteiger partial charge is 0.370 e. The van der Waals surface area contributed by atoms with Crippen molar-refractivity contribution in [3.05, 3.63) is 57.7 Å². The number of fused-ring (bicyclic) bond motifs is 1. The van der Waals surface area contributed by atoms with E-state index in [1.54, 1.807) is 4.90 Å². The number of hydrogen-bond acceptors (Lipinski definition) is 3. The highest BCUT2D eigenvalue weighted by molar-refractivity contribution is 6.29. The van der Waals surface area contributed by atoms with E-state index < -0.39 is 0 Å². The smallest absolute Gasteiger partial charge is 0.282 e. The van der Waals surface area contributed by atoms with E-state index in [4.69, 9.17) is 16.3 Å². The summed E-state index contributed by atoms with van der Waals surface area (Å²) >= 11 is 6.42. The Morgan fingerprint density at radius 3 is 2.67 bits per heavy atom. The maximum Gasteiger partial charge on any atom is 0.282 e. The minimum atomic E-state index is 0.448. The molecule has 1 unspecified atom stereocenters. The zero-order valence-corrected chi connectivity index (χ0v) is 18.2. The van der Waals surface area contributed by atoms with Crippen molar-refractivity contribution < 1.29 is 19.5 Å². The second-order valence-electron chi connectivity index (χ2n) is 8.24. The Kier molecular flexibility index (Phi) is 7.19. The molecule has 4 N–H and O–H groups in total. The van der Waals surface area contributed by atoms with Gasteiger partial charge in [0.05, 0.1) is 38.4 Å². The summed E-state index contributed by atoms with van der Waals surface area (Å²) in [6.45, 7) is 8.87. The molecule has 0 amide bonds. The SMILES string of the molecule is N#Cc1c(Cl)[nH+]c(NCCC[NH+]2CCOCC2)c2c1CC[NH+](Cc1ccccc1)C2. The molecule has 3 heterocycles. The molecule has 0 saturated carbocycles. The molecule has 30 heavy (non-hydrogen) atoms. The first kappa shape index (κ1) is 21.1. The van der Waals surface area contributed by atoms with Gasteiger partial charge in [-0.3, -0.25) is 5.32 Å². The summed E-state index contributed by atoms with van der Waals surface area (Å²) in [5, 5.41) is 13.7. The van der Waals surface area contributed by atoms with E-state index in [2.05, 4.69) is 46.7 Å². The third kappa shape index (κ3) is 5.11. The molecule has 1 atom stereocenters. The summed E-state index contributed by atoms with van der Waals surface area (Å²) in [6, 6.07) is 12.9. The molecular weight excluding hydrogens is 398 g/mol. The number of aromatic nitrogens is 1. The number of benzene rings is 1. The fourth-order valence-corrected chi connectivity index (χ4v) is 4.81. The molecule has 0 spiro atoms. The van der Waals surface area contributed by atoms with Crippen LogP contribution in [0.3, 0.4) is 0 Å². The lowest BCUT2D eigenvalue weighted by Gasteiger charge is -2.26. The Morgan fingerprint density at radius 1 is 1.10 bits per heavy atom. The van der Waals surface area contributed by atoms with Gasteiger partial charge in [-0.05, 0) is 17.2 Å². The van der Waals surface area contributed by atoms with Gasteiger partial charge in [0.15, 0.2) is 0 Å². The van der Waals surface area contributed by atoms with E-state index in [0.29, 0.717) is 10.7 Å². The van der Waals surface area contributed by atoms with Gasteiger partial charge in [0, 0.05) is 18.4 Å². The summed E-state index contributed by atoms with van der Waals surface area (Å²) in [5.41, 5.74) is 4.28. The number of hydrogen-bond donors (Lipinski definition) is 3. The number of H-pyrrole nitrogens is 1. The highest BCUT2D eigenvalue weighted by atomic mass is 35.5. The van der Waals surface area contributed by atoms with Crippen molar-refractivity contribution in [2.75, 3.05) is 51.3 Å². The number of halogens is 1. The van der Waals surface area contributed by atoms with E-state index in [1.165, 1.54) is 16.0 Å². The fourth-order valence-electron chi connectivity index (χ4n) is 4.56. The van der Waals surface area contributed by atoms with E-state index in [0.717, 1.165) is 83.3 Å². The van der Waals surface area contributed by atoms with Gasteiger partial charge >= 0.3 is 0 Å². The summed E-state index contributed by atoms with van der Waals surface area (Å²) in [6.07, 6.45) is 1.97. The first-order chi connectivity index (χ1) is 14.7. The summed E-state index contributed by atoms with van der Waals surface area (Å²) in [4.78, 5) is 6.39. The van der Waals surface area contributed by atoms with Crippen LogP contribution in [-0.2, 0) is 24.2 Å². The number of rotatable bonds is 7. The van der Waals surface area contributed by atoms with Crippen LogP contribution in [0.5, 0.6) is 0 Å². The molecule has 4 rings (SSSR count). The molecule has 1 aromatic carbocycles. The minimum Gasteiger partial charge on any atom is -0.370 e.